The summed E-state index contributed by atoms with van der Waals surface area (Å²) >= 11 is 0. The first-order valence-electron chi connectivity index (χ1n) is 6.23. The van der Waals surface area contributed by atoms with Crippen LogP contribution < -0.4 is 5.56 Å². The van der Waals surface area contributed by atoms with Gasteiger partial charge in [-0.2, -0.15) is 13.9 Å². The lowest BCUT2D eigenvalue weighted by Gasteiger charge is -2.10. The average molecular weight is 281 g/mol. The summed E-state index contributed by atoms with van der Waals surface area (Å²) in [6.07, 6.45) is 0. The standard InChI is InChI=1S/C14H17F2N3O/c1-8-6-9(2)13(20)18(4)12(8)10-7-11(14(3,15)16)19(5)17-10/h6-7H,1-5H3. The Labute approximate surface area is 115 Å². The van der Waals surface area contributed by atoms with E-state index in [1.807, 2.05) is 6.92 Å². The Morgan fingerprint density at radius 1 is 1.15 bits per heavy atom. The molecular weight excluding hydrogens is 264 g/mol. The summed E-state index contributed by atoms with van der Waals surface area (Å²) in [6, 6.07) is 3.08. The summed E-state index contributed by atoms with van der Waals surface area (Å²) in [5, 5.41) is 4.12. The topological polar surface area (TPSA) is 39.8 Å². The Morgan fingerprint density at radius 3 is 2.25 bits per heavy atom. The van der Waals surface area contributed by atoms with Crippen LogP contribution in [0.1, 0.15) is 23.7 Å². The van der Waals surface area contributed by atoms with Gasteiger partial charge in [-0.25, -0.2) is 0 Å². The van der Waals surface area contributed by atoms with Crippen molar-refractivity contribution in [3.05, 3.63) is 39.3 Å². The number of pyridine rings is 1. The third-order valence-corrected chi connectivity index (χ3v) is 3.36. The second-order valence-corrected chi connectivity index (χ2v) is 5.15. The number of aryl methyl sites for hydroxylation is 3. The highest BCUT2D eigenvalue weighted by Gasteiger charge is 2.29. The van der Waals surface area contributed by atoms with Crippen molar-refractivity contribution >= 4 is 0 Å². The van der Waals surface area contributed by atoms with E-state index in [1.165, 1.54) is 17.7 Å². The molecule has 0 aliphatic rings. The van der Waals surface area contributed by atoms with Crippen LogP contribution in [0.4, 0.5) is 8.78 Å². The molecule has 0 aromatic carbocycles. The predicted octanol–water partition coefficient (Wildman–Crippen LogP) is 2.51. The Balaban J connectivity index is 2.71. The van der Waals surface area contributed by atoms with Gasteiger partial charge in [0.05, 0.1) is 5.69 Å². The van der Waals surface area contributed by atoms with Crippen LogP contribution in [0.25, 0.3) is 11.4 Å². The summed E-state index contributed by atoms with van der Waals surface area (Å²) in [7, 11) is 3.09. The first-order chi connectivity index (χ1) is 9.12. The molecule has 2 aromatic rings. The maximum Gasteiger partial charge on any atom is 0.286 e. The second-order valence-electron chi connectivity index (χ2n) is 5.15. The highest BCUT2D eigenvalue weighted by atomic mass is 19.3. The van der Waals surface area contributed by atoms with Gasteiger partial charge in [0.25, 0.3) is 11.5 Å². The molecule has 0 atom stereocenters. The van der Waals surface area contributed by atoms with Gasteiger partial charge in [0.2, 0.25) is 0 Å². The van der Waals surface area contributed by atoms with Crippen LogP contribution >= 0.6 is 0 Å². The van der Waals surface area contributed by atoms with Crippen LogP contribution in [0, 0.1) is 13.8 Å². The first-order valence-corrected chi connectivity index (χ1v) is 6.23. The molecule has 0 bridgehead atoms. The van der Waals surface area contributed by atoms with E-state index in [-0.39, 0.29) is 11.3 Å². The molecule has 0 radical (unpaired) electrons. The van der Waals surface area contributed by atoms with Gasteiger partial charge >= 0.3 is 0 Å². The molecule has 0 N–H and O–H groups in total. The molecule has 0 aliphatic carbocycles. The minimum absolute atomic E-state index is 0.152. The molecule has 0 aliphatic heterocycles. The minimum Gasteiger partial charge on any atom is -0.309 e. The van der Waals surface area contributed by atoms with Crippen molar-refractivity contribution in [2.45, 2.75) is 26.7 Å². The fourth-order valence-electron chi connectivity index (χ4n) is 2.45. The lowest BCUT2D eigenvalue weighted by molar-refractivity contribution is 0.00883. The van der Waals surface area contributed by atoms with Crippen LogP contribution in [0.2, 0.25) is 0 Å². The van der Waals surface area contributed by atoms with Gasteiger partial charge in [0, 0.05) is 26.6 Å². The van der Waals surface area contributed by atoms with Gasteiger partial charge in [0.15, 0.2) is 0 Å². The quantitative estimate of drug-likeness (QED) is 0.848. The highest BCUT2D eigenvalue weighted by molar-refractivity contribution is 5.60. The molecule has 0 saturated carbocycles. The van der Waals surface area contributed by atoms with Crippen molar-refractivity contribution in [3.8, 4) is 11.4 Å². The smallest absolute Gasteiger partial charge is 0.286 e. The molecule has 0 unspecified atom stereocenters. The maximum absolute atomic E-state index is 13.5. The number of rotatable bonds is 2. The summed E-state index contributed by atoms with van der Waals surface area (Å²) < 4.78 is 29.5. The van der Waals surface area contributed by atoms with E-state index in [2.05, 4.69) is 5.10 Å². The van der Waals surface area contributed by atoms with Crippen molar-refractivity contribution < 1.29 is 8.78 Å². The Bertz CT molecular complexity index is 723. The zero-order chi connectivity index (χ0) is 15.2. The fraction of sp³-hybridized carbons (Fsp3) is 0.429. The van der Waals surface area contributed by atoms with Crippen molar-refractivity contribution in [1.29, 1.82) is 0 Å². The normalized spacial score (nSPS) is 11.9. The number of halogens is 2. The van der Waals surface area contributed by atoms with Gasteiger partial charge in [-0.3, -0.25) is 9.48 Å². The molecule has 6 heteroatoms. The summed E-state index contributed by atoms with van der Waals surface area (Å²) in [4.78, 5) is 12.0. The third kappa shape index (κ3) is 2.26. The van der Waals surface area contributed by atoms with Crippen LogP contribution in [-0.4, -0.2) is 14.3 Å². The first kappa shape index (κ1) is 14.4. The van der Waals surface area contributed by atoms with E-state index in [9.17, 15) is 13.6 Å². The average Bonchev–Trinajstić information content (AvgIpc) is 2.68. The zero-order valence-corrected chi connectivity index (χ0v) is 12.2. The predicted molar refractivity (Wildman–Crippen MR) is 72.9 cm³/mol. The third-order valence-electron chi connectivity index (χ3n) is 3.36. The van der Waals surface area contributed by atoms with Crippen molar-refractivity contribution in [2.24, 2.45) is 14.1 Å². The molecule has 0 saturated heterocycles. The molecular formula is C14H17F2N3O. The molecule has 4 nitrogen and oxygen atoms in total. The second kappa shape index (κ2) is 4.54. The molecule has 0 fully saturated rings. The zero-order valence-electron chi connectivity index (χ0n) is 12.2. The van der Waals surface area contributed by atoms with Crippen molar-refractivity contribution in [2.75, 3.05) is 0 Å². The monoisotopic (exact) mass is 281 g/mol. The van der Waals surface area contributed by atoms with E-state index in [4.69, 9.17) is 0 Å². The lowest BCUT2D eigenvalue weighted by atomic mass is 10.1. The number of hydrogen-bond acceptors (Lipinski definition) is 2. The van der Waals surface area contributed by atoms with Crippen LogP contribution in [-0.2, 0) is 20.0 Å². The van der Waals surface area contributed by atoms with Gasteiger partial charge in [-0.15, -0.1) is 0 Å². The number of aromatic nitrogens is 3. The van der Waals surface area contributed by atoms with Gasteiger partial charge in [0.1, 0.15) is 11.4 Å². The molecule has 2 aromatic heterocycles. The van der Waals surface area contributed by atoms with Crippen LogP contribution in [0.5, 0.6) is 0 Å². The van der Waals surface area contributed by atoms with Gasteiger partial charge in [-0.1, -0.05) is 0 Å². The molecule has 108 valence electrons. The van der Waals surface area contributed by atoms with E-state index < -0.39 is 5.92 Å². The molecule has 20 heavy (non-hydrogen) atoms. The Hall–Kier alpha value is -1.98. The number of alkyl halides is 2. The Kier molecular flexibility index (Phi) is 3.28. The highest BCUT2D eigenvalue weighted by Crippen LogP contribution is 2.30. The van der Waals surface area contributed by atoms with E-state index >= 15 is 0 Å². The molecule has 0 amide bonds. The minimum atomic E-state index is -2.97. The molecule has 2 heterocycles. The lowest BCUT2D eigenvalue weighted by Crippen LogP contribution is -2.21. The fourth-order valence-corrected chi connectivity index (χ4v) is 2.45. The van der Waals surface area contributed by atoms with Crippen LogP contribution in [0.15, 0.2) is 16.9 Å². The number of nitrogens with zero attached hydrogens (tertiary/aromatic N) is 3. The number of hydrogen-bond donors (Lipinski definition) is 0. The van der Waals surface area contributed by atoms with Crippen molar-refractivity contribution in [3.63, 3.8) is 0 Å². The van der Waals surface area contributed by atoms with Gasteiger partial charge in [-0.05, 0) is 31.5 Å². The summed E-state index contributed by atoms with van der Waals surface area (Å²) in [5.41, 5.74) is 2.05. The SMILES string of the molecule is Cc1cc(C)c(=O)n(C)c1-c1cc(C(C)(F)F)n(C)n1. The van der Waals surface area contributed by atoms with Crippen LogP contribution in [0.3, 0.4) is 0 Å². The summed E-state index contributed by atoms with van der Waals surface area (Å²) in [6.45, 7) is 4.39. The van der Waals surface area contributed by atoms with Gasteiger partial charge < -0.3 is 4.57 Å². The van der Waals surface area contributed by atoms with Crippen molar-refractivity contribution in [1.82, 2.24) is 14.3 Å². The van der Waals surface area contributed by atoms with E-state index in [0.29, 0.717) is 17.0 Å². The largest absolute Gasteiger partial charge is 0.309 e. The Morgan fingerprint density at radius 2 is 1.75 bits per heavy atom. The maximum atomic E-state index is 13.5. The van der Waals surface area contributed by atoms with E-state index in [1.54, 1.807) is 20.0 Å². The molecule has 2 rings (SSSR count). The summed E-state index contributed by atoms with van der Waals surface area (Å²) in [5.74, 6) is -2.97. The molecule has 0 spiro atoms. The van der Waals surface area contributed by atoms with E-state index in [0.717, 1.165) is 17.2 Å².